The molecule has 11 heteroatoms. The summed E-state index contributed by atoms with van der Waals surface area (Å²) in [6.45, 7) is 0.170. The molecular weight excluding hydrogens is 349 g/mol. The van der Waals surface area contributed by atoms with Crippen LogP contribution in [0.3, 0.4) is 0 Å². The predicted octanol–water partition coefficient (Wildman–Crippen LogP) is 1.72. The van der Waals surface area contributed by atoms with Gasteiger partial charge < -0.3 is 4.74 Å². The van der Waals surface area contributed by atoms with Gasteiger partial charge in [0.2, 0.25) is 11.8 Å². The highest BCUT2D eigenvalue weighted by Crippen LogP contribution is 2.31. The molecule has 0 bridgehead atoms. The Morgan fingerprint density at radius 1 is 1.33 bits per heavy atom. The van der Waals surface area contributed by atoms with Crippen LogP contribution in [0.5, 0.6) is 11.8 Å². The summed E-state index contributed by atoms with van der Waals surface area (Å²) in [7, 11) is -1.84. The Labute approximate surface area is 136 Å². The zero-order valence-electron chi connectivity index (χ0n) is 12.8. The van der Waals surface area contributed by atoms with Gasteiger partial charge in [0.25, 0.3) is 0 Å². The molecule has 24 heavy (non-hydrogen) atoms. The lowest BCUT2D eigenvalue weighted by Gasteiger charge is -2.07. The first kappa shape index (κ1) is 18.2. The maximum absolute atomic E-state index is 12.6. The molecular formula is C13H15F3N4O3S. The Bertz CT molecular complexity index is 818. The van der Waals surface area contributed by atoms with E-state index >= 15 is 0 Å². The fourth-order valence-electron chi connectivity index (χ4n) is 1.77. The van der Waals surface area contributed by atoms with Crippen molar-refractivity contribution < 1.29 is 26.3 Å². The van der Waals surface area contributed by atoms with Crippen molar-refractivity contribution in [1.29, 1.82) is 0 Å². The van der Waals surface area contributed by atoms with Crippen LogP contribution in [0.4, 0.5) is 13.2 Å². The molecule has 0 aliphatic heterocycles. The molecule has 2 aromatic heterocycles. The largest absolute Gasteiger partial charge is 0.435 e. The standard InChI is InChI=1S/C13H15F3N4O3S/c1-20-12(6-10(19-20)13(14,15)16)23-11-5-3-4-9(18-11)7-17-8-24(2,21)22/h3-6,17H,7-8H2,1-2H3. The number of pyridine rings is 1. The van der Waals surface area contributed by atoms with Crippen molar-refractivity contribution in [2.75, 3.05) is 12.1 Å². The van der Waals surface area contributed by atoms with E-state index in [1.807, 2.05) is 0 Å². The molecule has 0 aromatic carbocycles. The summed E-state index contributed by atoms with van der Waals surface area (Å²) in [5.41, 5.74) is -0.583. The molecule has 0 saturated heterocycles. The average molecular weight is 364 g/mol. The van der Waals surface area contributed by atoms with Crippen molar-refractivity contribution in [3.8, 4) is 11.8 Å². The number of sulfone groups is 1. The van der Waals surface area contributed by atoms with Gasteiger partial charge in [0.1, 0.15) is 0 Å². The SMILES string of the molecule is Cn1nc(C(F)(F)F)cc1Oc1cccc(CNCS(C)(=O)=O)n1. The van der Waals surface area contributed by atoms with Crippen LogP contribution in [0.2, 0.25) is 0 Å². The molecule has 0 aliphatic carbocycles. The Morgan fingerprint density at radius 3 is 2.62 bits per heavy atom. The van der Waals surface area contributed by atoms with Gasteiger partial charge in [0.05, 0.1) is 11.6 Å². The minimum absolute atomic E-state index is 0.0744. The summed E-state index contributed by atoms with van der Waals surface area (Å²) in [5, 5.41) is 6.03. The zero-order chi connectivity index (χ0) is 18.0. The maximum atomic E-state index is 12.6. The van der Waals surface area contributed by atoms with E-state index in [9.17, 15) is 21.6 Å². The lowest BCUT2D eigenvalue weighted by atomic mass is 10.3. The summed E-state index contributed by atoms with van der Waals surface area (Å²) in [4.78, 5) is 4.10. The number of hydrogen-bond donors (Lipinski definition) is 1. The summed E-state index contributed by atoms with van der Waals surface area (Å²) in [6, 6.07) is 5.48. The molecule has 0 radical (unpaired) electrons. The second-order valence-corrected chi connectivity index (χ2v) is 7.20. The quantitative estimate of drug-likeness (QED) is 0.840. The van der Waals surface area contributed by atoms with Crippen molar-refractivity contribution in [3.05, 3.63) is 35.7 Å². The summed E-state index contributed by atoms with van der Waals surface area (Å²) in [5.74, 6) is -0.252. The molecule has 0 aliphatic rings. The van der Waals surface area contributed by atoms with Crippen molar-refractivity contribution in [2.24, 2.45) is 7.05 Å². The van der Waals surface area contributed by atoms with Gasteiger partial charge in [-0.05, 0) is 6.07 Å². The summed E-state index contributed by atoms with van der Waals surface area (Å²) < 4.78 is 66.2. The van der Waals surface area contributed by atoms with Crippen molar-refractivity contribution in [3.63, 3.8) is 0 Å². The van der Waals surface area contributed by atoms with Gasteiger partial charge in [-0.2, -0.15) is 18.3 Å². The Morgan fingerprint density at radius 2 is 2.04 bits per heavy atom. The van der Waals surface area contributed by atoms with Crippen LogP contribution in [0.1, 0.15) is 11.4 Å². The first-order valence-electron chi connectivity index (χ1n) is 6.68. The van der Waals surface area contributed by atoms with E-state index in [2.05, 4.69) is 15.4 Å². The number of aryl methyl sites for hydroxylation is 1. The lowest BCUT2D eigenvalue weighted by molar-refractivity contribution is -0.141. The molecule has 0 amide bonds. The van der Waals surface area contributed by atoms with Crippen molar-refractivity contribution in [2.45, 2.75) is 12.7 Å². The smallest absolute Gasteiger partial charge is 0.421 e. The first-order valence-corrected chi connectivity index (χ1v) is 8.74. The third-order valence-corrected chi connectivity index (χ3v) is 3.52. The third kappa shape index (κ3) is 5.20. The number of ether oxygens (including phenoxy) is 1. The Kier molecular flexibility index (Phi) is 5.13. The summed E-state index contributed by atoms with van der Waals surface area (Å²) in [6.07, 6.45) is -3.47. The number of nitrogens with one attached hydrogen (secondary N) is 1. The van der Waals surface area contributed by atoms with Crippen LogP contribution >= 0.6 is 0 Å². The van der Waals surface area contributed by atoms with Crippen LogP contribution in [-0.2, 0) is 29.6 Å². The number of nitrogens with zero attached hydrogens (tertiary/aromatic N) is 3. The molecule has 0 atom stereocenters. The molecule has 2 heterocycles. The van der Waals surface area contributed by atoms with Gasteiger partial charge in [0.15, 0.2) is 15.5 Å². The van der Waals surface area contributed by atoms with E-state index < -0.39 is 21.7 Å². The molecule has 1 N–H and O–H groups in total. The molecule has 132 valence electrons. The van der Waals surface area contributed by atoms with Crippen LogP contribution in [-0.4, -0.2) is 35.3 Å². The minimum atomic E-state index is -4.57. The molecule has 0 spiro atoms. The number of aromatic nitrogens is 3. The highest BCUT2D eigenvalue weighted by atomic mass is 32.2. The van der Waals surface area contributed by atoms with Gasteiger partial charge in [-0.25, -0.2) is 18.1 Å². The number of rotatable bonds is 6. The zero-order valence-corrected chi connectivity index (χ0v) is 13.6. The van der Waals surface area contributed by atoms with Crippen molar-refractivity contribution >= 4 is 9.84 Å². The summed E-state index contributed by atoms with van der Waals surface area (Å²) >= 11 is 0. The molecule has 2 aromatic rings. The normalized spacial score (nSPS) is 12.4. The molecule has 2 rings (SSSR count). The molecule has 0 saturated carbocycles. The Hall–Kier alpha value is -2.14. The minimum Gasteiger partial charge on any atom is -0.421 e. The first-order chi connectivity index (χ1) is 11.0. The van der Waals surface area contributed by atoms with Gasteiger partial charge in [0, 0.05) is 32.0 Å². The van der Waals surface area contributed by atoms with E-state index in [4.69, 9.17) is 4.74 Å². The second kappa shape index (κ2) is 6.77. The number of halogens is 3. The molecule has 7 nitrogen and oxygen atoms in total. The van der Waals surface area contributed by atoms with E-state index in [1.165, 1.54) is 13.1 Å². The van der Waals surface area contributed by atoms with E-state index in [0.29, 0.717) is 5.69 Å². The van der Waals surface area contributed by atoms with Gasteiger partial charge in [-0.3, -0.25) is 5.32 Å². The monoisotopic (exact) mass is 364 g/mol. The van der Waals surface area contributed by atoms with Crippen LogP contribution < -0.4 is 10.1 Å². The van der Waals surface area contributed by atoms with Crippen molar-refractivity contribution in [1.82, 2.24) is 20.1 Å². The average Bonchev–Trinajstić information content (AvgIpc) is 2.79. The topological polar surface area (TPSA) is 86.1 Å². The molecule has 0 unspecified atom stereocenters. The van der Waals surface area contributed by atoms with E-state index in [0.717, 1.165) is 17.0 Å². The van der Waals surface area contributed by atoms with E-state index in [1.54, 1.807) is 12.1 Å². The maximum Gasteiger partial charge on any atom is 0.435 e. The van der Waals surface area contributed by atoms with E-state index in [-0.39, 0.29) is 24.2 Å². The fourth-order valence-corrected chi connectivity index (χ4v) is 2.24. The van der Waals surface area contributed by atoms with Gasteiger partial charge in [-0.15, -0.1) is 0 Å². The number of hydrogen-bond acceptors (Lipinski definition) is 6. The van der Waals surface area contributed by atoms with Gasteiger partial charge >= 0.3 is 6.18 Å². The third-order valence-electron chi connectivity index (χ3n) is 2.79. The van der Waals surface area contributed by atoms with Gasteiger partial charge in [-0.1, -0.05) is 6.07 Å². The Balaban J connectivity index is 2.08. The predicted molar refractivity (Wildman–Crippen MR) is 79.1 cm³/mol. The number of alkyl halides is 3. The van der Waals surface area contributed by atoms with Crippen LogP contribution in [0.15, 0.2) is 24.3 Å². The van der Waals surface area contributed by atoms with Crippen LogP contribution in [0.25, 0.3) is 0 Å². The fraction of sp³-hybridized carbons (Fsp3) is 0.385. The second-order valence-electron chi connectivity index (χ2n) is 5.06. The van der Waals surface area contributed by atoms with Crippen LogP contribution in [0, 0.1) is 0 Å². The molecule has 0 fully saturated rings. The highest BCUT2D eigenvalue weighted by Gasteiger charge is 2.35. The lowest BCUT2D eigenvalue weighted by Crippen LogP contribution is -2.22. The highest BCUT2D eigenvalue weighted by molar-refractivity contribution is 7.90.